The summed E-state index contributed by atoms with van der Waals surface area (Å²) < 4.78 is 1.31. The van der Waals surface area contributed by atoms with Gasteiger partial charge in [0.1, 0.15) is 6.20 Å². The summed E-state index contributed by atoms with van der Waals surface area (Å²) in [5.74, 6) is -0.746. The fourth-order valence-corrected chi connectivity index (χ4v) is 2.15. The zero-order valence-electron chi connectivity index (χ0n) is 10.8. The Morgan fingerprint density at radius 2 is 2.05 bits per heavy atom. The number of para-hydroxylation sites is 1. The second kappa shape index (κ2) is 6.11. The van der Waals surface area contributed by atoms with Crippen molar-refractivity contribution in [3.05, 3.63) is 50.2 Å². The molecule has 2 rings (SSSR count). The number of amides is 1. The molecule has 0 bridgehead atoms. The van der Waals surface area contributed by atoms with Gasteiger partial charge in [0.05, 0.1) is 20.7 Å². The van der Waals surface area contributed by atoms with Crippen molar-refractivity contribution in [1.29, 1.82) is 0 Å². The molecule has 0 saturated carbocycles. The molecule has 9 heteroatoms. The van der Waals surface area contributed by atoms with E-state index in [1.807, 2.05) is 0 Å². The van der Waals surface area contributed by atoms with Crippen molar-refractivity contribution in [2.75, 3.05) is 5.32 Å². The first kappa shape index (κ1) is 15.3. The van der Waals surface area contributed by atoms with Crippen LogP contribution in [0.25, 0.3) is 0 Å². The van der Waals surface area contributed by atoms with E-state index in [0.29, 0.717) is 6.54 Å². The number of nitro groups is 1. The Balaban J connectivity index is 2.37. The number of aromatic nitrogens is 2. The summed E-state index contributed by atoms with van der Waals surface area (Å²) in [6, 6.07) is 4.71. The average molecular weight is 329 g/mol. The maximum atomic E-state index is 12.2. The summed E-state index contributed by atoms with van der Waals surface area (Å²) in [6.45, 7) is 2.16. The zero-order valence-corrected chi connectivity index (χ0v) is 12.4. The van der Waals surface area contributed by atoms with Crippen molar-refractivity contribution in [1.82, 2.24) is 9.78 Å². The summed E-state index contributed by atoms with van der Waals surface area (Å²) >= 11 is 11.9. The molecular weight excluding hydrogens is 319 g/mol. The molecule has 0 atom stereocenters. The molecule has 0 radical (unpaired) electrons. The Bertz CT molecular complexity index is 694. The van der Waals surface area contributed by atoms with Gasteiger partial charge in [-0.05, 0) is 19.1 Å². The number of halogens is 2. The van der Waals surface area contributed by atoms with Gasteiger partial charge < -0.3 is 5.32 Å². The van der Waals surface area contributed by atoms with Gasteiger partial charge in [-0.1, -0.05) is 29.3 Å². The Morgan fingerprint density at radius 3 is 2.57 bits per heavy atom. The molecule has 0 aliphatic heterocycles. The fourth-order valence-electron chi connectivity index (χ4n) is 1.66. The van der Waals surface area contributed by atoms with Crippen LogP contribution in [-0.2, 0) is 6.54 Å². The molecule has 110 valence electrons. The summed E-state index contributed by atoms with van der Waals surface area (Å²) in [4.78, 5) is 22.5. The van der Waals surface area contributed by atoms with Crippen LogP contribution in [0, 0.1) is 10.1 Å². The minimum absolute atomic E-state index is 0.186. The minimum Gasteiger partial charge on any atom is -0.318 e. The third-order valence-corrected chi connectivity index (χ3v) is 3.31. The average Bonchev–Trinajstić information content (AvgIpc) is 2.87. The van der Waals surface area contributed by atoms with Gasteiger partial charge >= 0.3 is 5.69 Å². The molecule has 1 amide bonds. The molecule has 0 unspecified atom stereocenters. The van der Waals surface area contributed by atoms with Gasteiger partial charge in [-0.3, -0.25) is 19.6 Å². The number of hydrogen-bond acceptors (Lipinski definition) is 4. The number of nitrogens with zero attached hydrogens (tertiary/aromatic N) is 3. The predicted molar refractivity (Wildman–Crippen MR) is 79.0 cm³/mol. The van der Waals surface area contributed by atoms with Gasteiger partial charge in [0.25, 0.3) is 5.91 Å². The molecule has 1 N–H and O–H groups in total. The van der Waals surface area contributed by atoms with Crippen molar-refractivity contribution in [3.63, 3.8) is 0 Å². The number of nitrogens with one attached hydrogen (secondary N) is 1. The van der Waals surface area contributed by atoms with E-state index in [-0.39, 0.29) is 27.1 Å². The van der Waals surface area contributed by atoms with Crippen molar-refractivity contribution < 1.29 is 9.72 Å². The number of anilines is 1. The first-order chi connectivity index (χ1) is 9.93. The van der Waals surface area contributed by atoms with Gasteiger partial charge in [-0.15, -0.1) is 0 Å². The lowest BCUT2D eigenvalue weighted by Crippen LogP contribution is -2.15. The lowest BCUT2D eigenvalue weighted by atomic mass is 10.3. The highest BCUT2D eigenvalue weighted by atomic mass is 35.5. The van der Waals surface area contributed by atoms with Gasteiger partial charge in [-0.2, -0.15) is 5.10 Å². The van der Waals surface area contributed by atoms with Gasteiger partial charge in [-0.25, -0.2) is 0 Å². The Kier molecular flexibility index (Phi) is 4.44. The van der Waals surface area contributed by atoms with Gasteiger partial charge in [0, 0.05) is 6.54 Å². The topological polar surface area (TPSA) is 90.1 Å². The van der Waals surface area contributed by atoms with E-state index in [4.69, 9.17) is 23.2 Å². The third kappa shape index (κ3) is 3.14. The molecule has 0 fully saturated rings. The first-order valence-electron chi connectivity index (χ1n) is 5.91. The van der Waals surface area contributed by atoms with Crippen LogP contribution in [0.5, 0.6) is 0 Å². The second-order valence-electron chi connectivity index (χ2n) is 4.03. The van der Waals surface area contributed by atoms with Crippen LogP contribution in [0.3, 0.4) is 0 Å². The van der Waals surface area contributed by atoms with Crippen LogP contribution >= 0.6 is 23.2 Å². The molecule has 1 heterocycles. The standard InChI is InChI=1S/C12H10Cl2N4O3/c1-2-17-6-9(18(20)21)11(16-17)12(19)15-10-7(13)4-3-5-8(10)14/h3-6H,2H2,1H3,(H,15,19). The Morgan fingerprint density at radius 1 is 1.43 bits per heavy atom. The van der Waals surface area contributed by atoms with Crippen molar-refractivity contribution in [2.45, 2.75) is 13.5 Å². The van der Waals surface area contributed by atoms with Crippen molar-refractivity contribution >= 4 is 40.5 Å². The normalized spacial score (nSPS) is 10.4. The molecule has 0 aliphatic carbocycles. The third-order valence-electron chi connectivity index (χ3n) is 2.68. The zero-order chi connectivity index (χ0) is 15.6. The van der Waals surface area contributed by atoms with Crippen LogP contribution in [-0.4, -0.2) is 20.6 Å². The number of carbonyl (C=O) groups excluding carboxylic acids is 1. The highest BCUT2D eigenvalue weighted by molar-refractivity contribution is 6.40. The molecule has 1 aromatic heterocycles. The van der Waals surface area contributed by atoms with E-state index in [9.17, 15) is 14.9 Å². The molecule has 0 saturated heterocycles. The van der Waals surface area contributed by atoms with E-state index in [0.717, 1.165) is 0 Å². The molecular formula is C12H10Cl2N4O3. The second-order valence-corrected chi connectivity index (χ2v) is 4.84. The predicted octanol–water partition coefficient (Wildman–Crippen LogP) is 3.37. The molecule has 0 aliphatic rings. The minimum atomic E-state index is -0.746. The van der Waals surface area contributed by atoms with Gasteiger partial charge in [0.2, 0.25) is 5.69 Å². The number of benzene rings is 1. The van der Waals surface area contributed by atoms with Crippen molar-refractivity contribution in [2.24, 2.45) is 0 Å². The smallest absolute Gasteiger partial charge is 0.318 e. The molecule has 21 heavy (non-hydrogen) atoms. The summed E-state index contributed by atoms with van der Waals surface area (Å²) in [5, 5.41) is 17.7. The van der Waals surface area contributed by atoms with E-state index in [1.165, 1.54) is 10.9 Å². The maximum Gasteiger partial charge on any atom is 0.320 e. The quantitative estimate of drug-likeness (QED) is 0.688. The Hall–Kier alpha value is -2.12. The van der Waals surface area contributed by atoms with E-state index in [2.05, 4.69) is 10.4 Å². The Labute approximate surface area is 129 Å². The SMILES string of the molecule is CCn1cc([N+](=O)[O-])c(C(=O)Nc2c(Cl)cccc2Cl)n1. The molecule has 2 aromatic rings. The maximum absolute atomic E-state index is 12.2. The largest absolute Gasteiger partial charge is 0.320 e. The first-order valence-corrected chi connectivity index (χ1v) is 6.66. The van der Waals surface area contributed by atoms with E-state index < -0.39 is 10.8 Å². The lowest BCUT2D eigenvalue weighted by Gasteiger charge is -2.07. The summed E-state index contributed by atoms with van der Waals surface area (Å²) in [7, 11) is 0. The van der Waals surface area contributed by atoms with Crippen LogP contribution in [0.1, 0.15) is 17.4 Å². The van der Waals surface area contributed by atoms with Crippen LogP contribution in [0.15, 0.2) is 24.4 Å². The number of aryl methyl sites for hydroxylation is 1. The van der Waals surface area contributed by atoms with E-state index in [1.54, 1.807) is 25.1 Å². The monoisotopic (exact) mass is 328 g/mol. The summed E-state index contributed by atoms with van der Waals surface area (Å²) in [6.07, 6.45) is 1.20. The highest BCUT2D eigenvalue weighted by Gasteiger charge is 2.26. The summed E-state index contributed by atoms with van der Waals surface area (Å²) in [5.41, 5.74) is -0.485. The molecule has 1 aromatic carbocycles. The number of rotatable bonds is 4. The van der Waals surface area contributed by atoms with Crippen LogP contribution in [0.2, 0.25) is 10.0 Å². The van der Waals surface area contributed by atoms with Crippen LogP contribution in [0.4, 0.5) is 11.4 Å². The van der Waals surface area contributed by atoms with Crippen molar-refractivity contribution in [3.8, 4) is 0 Å². The molecule has 7 nitrogen and oxygen atoms in total. The van der Waals surface area contributed by atoms with E-state index >= 15 is 0 Å². The fraction of sp³-hybridized carbons (Fsp3) is 0.167. The lowest BCUT2D eigenvalue weighted by molar-refractivity contribution is -0.385. The molecule has 0 spiro atoms. The number of carbonyl (C=O) groups is 1. The van der Waals surface area contributed by atoms with Crippen LogP contribution < -0.4 is 5.32 Å². The number of hydrogen-bond donors (Lipinski definition) is 1. The highest BCUT2D eigenvalue weighted by Crippen LogP contribution is 2.30. The van der Waals surface area contributed by atoms with Gasteiger partial charge in [0.15, 0.2) is 0 Å².